The molecule has 1 aliphatic carbocycles. The van der Waals surface area contributed by atoms with Crippen molar-refractivity contribution in [1.29, 1.82) is 0 Å². The number of imidazole rings is 1. The van der Waals surface area contributed by atoms with Gasteiger partial charge >= 0.3 is 5.97 Å². The van der Waals surface area contributed by atoms with Gasteiger partial charge < -0.3 is 14.4 Å². The van der Waals surface area contributed by atoms with Crippen molar-refractivity contribution in [3.63, 3.8) is 0 Å². The predicted octanol–water partition coefficient (Wildman–Crippen LogP) is 3.13. The lowest BCUT2D eigenvalue weighted by Crippen LogP contribution is -2.13. The number of ether oxygens (including phenoxy) is 1. The molecule has 3 rings (SSSR count). The zero-order chi connectivity index (χ0) is 16.6. The van der Waals surface area contributed by atoms with Gasteiger partial charge in [0, 0.05) is 12.0 Å². The SMILES string of the molecule is O=C(O)c1cc(OCC(F)F)c2ncn(CC3(CF)CC3)c2c1. The first-order valence-electron chi connectivity index (χ1n) is 7.13. The summed E-state index contributed by atoms with van der Waals surface area (Å²) < 4.78 is 44.4. The maximum atomic E-state index is 13.1. The van der Waals surface area contributed by atoms with Crippen LogP contribution in [0.5, 0.6) is 5.75 Å². The molecule has 0 unspecified atom stereocenters. The fraction of sp³-hybridized carbons (Fsp3) is 0.467. The molecule has 1 aromatic carbocycles. The summed E-state index contributed by atoms with van der Waals surface area (Å²) in [5, 5.41) is 9.17. The van der Waals surface area contributed by atoms with E-state index >= 15 is 0 Å². The number of alkyl halides is 3. The zero-order valence-corrected chi connectivity index (χ0v) is 12.1. The van der Waals surface area contributed by atoms with Crippen molar-refractivity contribution in [2.75, 3.05) is 13.3 Å². The number of aromatic carboxylic acids is 1. The van der Waals surface area contributed by atoms with Crippen LogP contribution in [-0.4, -0.2) is 40.3 Å². The van der Waals surface area contributed by atoms with Crippen LogP contribution in [-0.2, 0) is 6.54 Å². The second-order valence-electron chi connectivity index (χ2n) is 5.86. The van der Waals surface area contributed by atoms with Gasteiger partial charge in [-0.3, -0.25) is 4.39 Å². The number of hydrogen-bond donors (Lipinski definition) is 1. The maximum Gasteiger partial charge on any atom is 0.335 e. The average Bonchev–Trinajstić information content (AvgIpc) is 3.18. The largest absolute Gasteiger partial charge is 0.485 e. The van der Waals surface area contributed by atoms with Crippen molar-refractivity contribution in [3.05, 3.63) is 24.0 Å². The van der Waals surface area contributed by atoms with Gasteiger partial charge in [0.1, 0.15) is 17.9 Å². The molecule has 5 nitrogen and oxygen atoms in total. The van der Waals surface area contributed by atoms with Crippen LogP contribution in [0.4, 0.5) is 13.2 Å². The first-order chi connectivity index (χ1) is 10.9. The van der Waals surface area contributed by atoms with Gasteiger partial charge in [-0.25, -0.2) is 18.6 Å². The fourth-order valence-electron chi connectivity index (χ4n) is 2.52. The van der Waals surface area contributed by atoms with Crippen molar-refractivity contribution in [2.24, 2.45) is 5.41 Å². The highest BCUT2D eigenvalue weighted by molar-refractivity contribution is 5.95. The van der Waals surface area contributed by atoms with Crippen LogP contribution in [0, 0.1) is 5.41 Å². The number of aromatic nitrogens is 2. The highest BCUT2D eigenvalue weighted by Gasteiger charge is 2.43. The lowest BCUT2D eigenvalue weighted by atomic mass is 10.1. The molecule has 1 aromatic heterocycles. The number of hydrogen-bond acceptors (Lipinski definition) is 3. The number of rotatable bonds is 7. The Morgan fingerprint density at radius 3 is 2.74 bits per heavy atom. The summed E-state index contributed by atoms with van der Waals surface area (Å²) in [6, 6.07) is 2.57. The molecule has 0 atom stereocenters. The molecule has 0 spiro atoms. The Labute approximate surface area is 129 Å². The molecule has 23 heavy (non-hydrogen) atoms. The summed E-state index contributed by atoms with van der Waals surface area (Å²) in [6.45, 7) is -0.934. The fourth-order valence-corrected chi connectivity index (χ4v) is 2.52. The molecule has 0 aliphatic heterocycles. The third-order valence-corrected chi connectivity index (χ3v) is 4.05. The summed E-state index contributed by atoms with van der Waals surface area (Å²) in [7, 11) is 0. The van der Waals surface area contributed by atoms with Gasteiger partial charge in [0.05, 0.1) is 24.1 Å². The molecule has 1 fully saturated rings. The normalized spacial score (nSPS) is 16.0. The third kappa shape index (κ3) is 3.11. The number of fused-ring (bicyclic) bond motifs is 1. The molecule has 124 valence electrons. The molecule has 1 heterocycles. The lowest BCUT2D eigenvalue weighted by Gasteiger charge is -2.13. The molecule has 0 bridgehead atoms. The predicted molar refractivity (Wildman–Crippen MR) is 75.8 cm³/mol. The van der Waals surface area contributed by atoms with E-state index in [1.807, 2.05) is 0 Å². The first kappa shape index (κ1) is 15.6. The number of benzene rings is 1. The summed E-state index contributed by atoms with van der Waals surface area (Å²) in [5.74, 6) is -1.21. The summed E-state index contributed by atoms with van der Waals surface area (Å²) >= 11 is 0. The van der Waals surface area contributed by atoms with E-state index in [0.29, 0.717) is 17.6 Å². The number of halogens is 3. The molecule has 0 radical (unpaired) electrons. The summed E-state index contributed by atoms with van der Waals surface area (Å²) in [5.41, 5.74) is 0.226. The molecule has 2 aromatic rings. The van der Waals surface area contributed by atoms with E-state index < -0.39 is 31.1 Å². The Kier molecular flexibility index (Phi) is 3.91. The van der Waals surface area contributed by atoms with Crippen molar-refractivity contribution in [1.82, 2.24) is 9.55 Å². The van der Waals surface area contributed by atoms with E-state index in [2.05, 4.69) is 4.98 Å². The van der Waals surface area contributed by atoms with Gasteiger partial charge in [-0.05, 0) is 25.0 Å². The second kappa shape index (κ2) is 5.75. The summed E-state index contributed by atoms with van der Waals surface area (Å²) in [6.07, 6.45) is 0.302. The Balaban J connectivity index is 2.01. The van der Waals surface area contributed by atoms with Crippen LogP contribution in [0.15, 0.2) is 18.5 Å². The van der Waals surface area contributed by atoms with Crippen LogP contribution < -0.4 is 4.74 Å². The van der Waals surface area contributed by atoms with E-state index in [1.54, 1.807) is 4.57 Å². The molecular formula is C15H15F3N2O3. The molecular weight excluding hydrogens is 313 g/mol. The number of nitrogens with zero attached hydrogens (tertiary/aromatic N) is 2. The van der Waals surface area contributed by atoms with E-state index in [-0.39, 0.29) is 11.3 Å². The quantitative estimate of drug-likeness (QED) is 0.848. The third-order valence-electron chi connectivity index (χ3n) is 4.05. The molecule has 1 N–H and O–H groups in total. The monoisotopic (exact) mass is 328 g/mol. The van der Waals surface area contributed by atoms with Crippen LogP contribution in [0.2, 0.25) is 0 Å². The Morgan fingerprint density at radius 2 is 2.17 bits per heavy atom. The lowest BCUT2D eigenvalue weighted by molar-refractivity contribution is 0.0695. The second-order valence-corrected chi connectivity index (χ2v) is 5.86. The van der Waals surface area contributed by atoms with Crippen molar-refractivity contribution >= 4 is 17.0 Å². The number of carboxylic acid groups (broad SMARTS) is 1. The molecule has 0 saturated heterocycles. The highest BCUT2D eigenvalue weighted by Crippen LogP contribution is 2.48. The van der Waals surface area contributed by atoms with Crippen LogP contribution in [0.3, 0.4) is 0 Å². The number of carboxylic acids is 1. The smallest absolute Gasteiger partial charge is 0.335 e. The summed E-state index contributed by atoms with van der Waals surface area (Å²) in [4.78, 5) is 15.3. The van der Waals surface area contributed by atoms with Gasteiger partial charge in [0.2, 0.25) is 0 Å². The molecule has 1 saturated carbocycles. The Bertz CT molecular complexity index is 741. The van der Waals surface area contributed by atoms with E-state index in [0.717, 1.165) is 12.8 Å². The maximum absolute atomic E-state index is 13.1. The number of carbonyl (C=O) groups is 1. The standard InChI is InChI=1S/C15H15F3N2O3/c16-6-15(1-2-15)7-20-8-19-13-10(20)3-9(14(21)22)4-11(13)23-5-12(17)18/h3-4,8,12H,1-2,5-7H2,(H,21,22). The average molecular weight is 328 g/mol. The van der Waals surface area contributed by atoms with Crippen LogP contribution >= 0.6 is 0 Å². The Morgan fingerprint density at radius 1 is 1.43 bits per heavy atom. The molecule has 8 heteroatoms. The van der Waals surface area contributed by atoms with Gasteiger partial charge in [-0.2, -0.15) is 0 Å². The minimum Gasteiger partial charge on any atom is -0.485 e. The van der Waals surface area contributed by atoms with Crippen LogP contribution in [0.25, 0.3) is 11.0 Å². The minimum absolute atomic E-state index is 0.0101. The highest BCUT2D eigenvalue weighted by atomic mass is 19.3. The van der Waals surface area contributed by atoms with Gasteiger partial charge in [0.15, 0.2) is 0 Å². The molecule has 0 amide bonds. The van der Waals surface area contributed by atoms with Crippen molar-refractivity contribution < 1.29 is 27.8 Å². The van der Waals surface area contributed by atoms with Gasteiger partial charge in [-0.15, -0.1) is 0 Å². The van der Waals surface area contributed by atoms with Gasteiger partial charge in [0.25, 0.3) is 6.43 Å². The van der Waals surface area contributed by atoms with E-state index in [9.17, 15) is 23.1 Å². The van der Waals surface area contributed by atoms with Crippen molar-refractivity contribution in [2.45, 2.75) is 25.8 Å². The van der Waals surface area contributed by atoms with E-state index in [4.69, 9.17) is 4.74 Å². The van der Waals surface area contributed by atoms with Crippen molar-refractivity contribution in [3.8, 4) is 5.75 Å². The van der Waals surface area contributed by atoms with Crippen LogP contribution in [0.1, 0.15) is 23.2 Å². The topological polar surface area (TPSA) is 64.3 Å². The van der Waals surface area contributed by atoms with Gasteiger partial charge in [-0.1, -0.05) is 0 Å². The van der Waals surface area contributed by atoms with E-state index in [1.165, 1.54) is 18.5 Å². The minimum atomic E-state index is -2.68. The zero-order valence-electron chi connectivity index (χ0n) is 12.1. The first-order valence-corrected chi connectivity index (χ1v) is 7.13. The molecule has 1 aliphatic rings. The Hall–Kier alpha value is -2.25.